The third-order valence-electron chi connectivity index (χ3n) is 2.22. The number of ether oxygens (including phenoxy) is 1. The van der Waals surface area contributed by atoms with Crippen LogP contribution in [0.2, 0.25) is 0 Å². The molecule has 1 aromatic carbocycles. The van der Waals surface area contributed by atoms with Gasteiger partial charge in [-0.15, -0.1) is 0 Å². The molecule has 0 unspecified atom stereocenters. The van der Waals surface area contributed by atoms with Crippen molar-refractivity contribution in [2.75, 3.05) is 20.7 Å². The number of halogens is 1. The van der Waals surface area contributed by atoms with E-state index >= 15 is 0 Å². The zero-order valence-corrected chi connectivity index (χ0v) is 9.43. The second kappa shape index (κ2) is 4.94. The minimum atomic E-state index is -0.942. The van der Waals surface area contributed by atoms with Crippen LogP contribution < -0.4 is 10.1 Å². The Balaban J connectivity index is 3.28. The van der Waals surface area contributed by atoms with Gasteiger partial charge in [-0.1, -0.05) is 0 Å². The fourth-order valence-electron chi connectivity index (χ4n) is 1.48. The van der Waals surface area contributed by atoms with Gasteiger partial charge in [0.2, 0.25) is 0 Å². The summed E-state index contributed by atoms with van der Waals surface area (Å²) in [5.41, 5.74) is 0.381. The van der Waals surface area contributed by atoms with Crippen LogP contribution in [0.5, 0.6) is 11.5 Å². The van der Waals surface area contributed by atoms with E-state index in [0.29, 0.717) is 5.56 Å². The normalized spacial score (nSPS) is 10.2. The third-order valence-corrected chi connectivity index (χ3v) is 2.22. The number of hydrogen-bond acceptors (Lipinski definition) is 4. The highest BCUT2D eigenvalue weighted by molar-refractivity contribution is 5.98. The molecule has 1 aromatic rings. The maximum atomic E-state index is 13.6. The molecule has 0 aliphatic heterocycles. The number of hydrogen-bond donors (Lipinski definition) is 2. The van der Waals surface area contributed by atoms with Crippen LogP contribution in [-0.2, 0) is 0 Å². The van der Waals surface area contributed by atoms with Crippen molar-refractivity contribution < 1.29 is 19.0 Å². The first-order valence-electron chi connectivity index (χ1n) is 4.76. The van der Waals surface area contributed by atoms with Crippen LogP contribution >= 0.6 is 0 Å². The highest BCUT2D eigenvalue weighted by Crippen LogP contribution is 2.34. The van der Waals surface area contributed by atoms with E-state index in [9.17, 15) is 14.3 Å². The molecule has 0 spiro atoms. The predicted molar refractivity (Wildman–Crippen MR) is 57.6 cm³/mol. The first kappa shape index (κ1) is 12.4. The summed E-state index contributed by atoms with van der Waals surface area (Å²) in [6.45, 7) is 1.65. The lowest BCUT2D eigenvalue weighted by atomic mass is 10.0. The molecular formula is C11H14FNO3. The zero-order chi connectivity index (χ0) is 12.3. The number of ketones is 1. The van der Waals surface area contributed by atoms with E-state index in [4.69, 9.17) is 4.74 Å². The summed E-state index contributed by atoms with van der Waals surface area (Å²) in [5, 5.41) is 12.1. The number of Topliss-reactive ketones (excluding diaryl/α,β-unsaturated/α-hetero) is 1. The lowest BCUT2D eigenvalue weighted by Gasteiger charge is -2.11. The predicted octanol–water partition coefficient (Wildman–Crippen LogP) is 1.25. The molecule has 0 radical (unpaired) electrons. The van der Waals surface area contributed by atoms with E-state index in [1.165, 1.54) is 13.2 Å². The average Bonchev–Trinajstić information content (AvgIpc) is 2.24. The Kier molecular flexibility index (Phi) is 3.84. The van der Waals surface area contributed by atoms with E-state index in [1.54, 1.807) is 14.0 Å². The number of aromatic hydroxyl groups is 1. The molecule has 0 aliphatic rings. The van der Waals surface area contributed by atoms with Gasteiger partial charge < -0.3 is 15.2 Å². The quantitative estimate of drug-likeness (QED) is 0.760. The van der Waals surface area contributed by atoms with Gasteiger partial charge in [0.25, 0.3) is 0 Å². The number of phenolic OH excluding ortho intramolecular Hbond substituents is 1. The van der Waals surface area contributed by atoms with Crippen molar-refractivity contribution in [2.45, 2.75) is 6.92 Å². The number of phenols is 1. The number of nitrogens with one attached hydrogen (secondary N) is 1. The molecule has 16 heavy (non-hydrogen) atoms. The Morgan fingerprint density at radius 2 is 2.25 bits per heavy atom. The SMILES string of the molecule is CNCC(=O)c1cc(C)c(OC)c(O)c1F. The Morgan fingerprint density at radius 3 is 2.75 bits per heavy atom. The van der Waals surface area contributed by atoms with Gasteiger partial charge in [-0.3, -0.25) is 4.79 Å². The maximum Gasteiger partial charge on any atom is 0.195 e. The van der Waals surface area contributed by atoms with Crippen molar-refractivity contribution in [3.05, 3.63) is 23.0 Å². The van der Waals surface area contributed by atoms with Gasteiger partial charge in [0, 0.05) is 0 Å². The summed E-state index contributed by atoms with van der Waals surface area (Å²) in [6.07, 6.45) is 0. The van der Waals surface area contributed by atoms with Gasteiger partial charge in [0.1, 0.15) is 0 Å². The van der Waals surface area contributed by atoms with Gasteiger partial charge in [-0.2, -0.15) is 0 Å². The van der Waals surface area contributed by atoms with Crippen molar-refractivity contribution in [1.82, 2.24) is 5.32 Å². The summed E-state index contributed by atoms with van der Waals surface area (Å²) in [7, 11) is 2.92. The average molecular weight is 227 g/mol. The zero-order valence-electron chi connectivity index (χ0n) is 9.43. The minimum absolute atomic E-state index is 0.0160. The lowest BCUT2D eigenvalue weighted by molar-refractivity contribution is 0.0988. The minimum Gasteiger partial charge on any atom is -0.502 e. The number of likely N-dealkylation sites (N-methyl/N-ethyl adjacent to an activating group) is 1. The van der Waals surface area contributed by atoms with Crippen LogP contribution in [0.1, 0.15) is 15.9 Å². The van der Waals surface area contributed by atoms with Gasteiger partial charge in [-0.05, 0) is 25.6 Å². The molecule has 5 heteroatoms. The number of carbonyl (C=O) groups is 1. The molecule has 1 rings (SSSR count). The second-order valence-corrected chi connectivity index (χ2v) is 3.39. The van der Waals surface area contributed by atoms with Gasteiger partial charge in [0.05, 0.1) is 19.2 Å². The van der Waals surface area contributed by atoms with Crippen LogP contribution in [0.25, 0.3) is 0 Å². The van der Waals surface area contributed by atoms with Crippen molar-refractivity contribution >= 4 is 5.78 Å². The topological polar surface area (TPSA) is 58.6 Å². The molecular weight excluding hydrogens is 213 g/mol. The van der Waals surface area contributed by atoms with Crippen molar-refractivity contribution in [3.8, 4) is 11.5 Å². The number of benzene rings is 1. The van der Waals surface area contributed by atoms with Crippen molar-refractivity contribution in [3.63, 3.8) is 0 Å². The molecule has 0 atom stereocenters. The summed E-state index contributed by atoms with van der Waals surface area (Å²) >= 11 is 0. The summed E-state index contributed by atoms with van der Waals surface area (Å²) in [6, 6.07) is 1.37. The lowest BCUT2D eigenvalue weighted by Crippen LogP contribution is -2.19. The highest BCUT2D eigenvalue weighted by Gasteiger charge is 2.20. The number of carbonyl (C=O) groups excluding carboxylic acids is 1. The molecule has 88 valence electrons. The molecule has 0 bridgehead atoms. The first-order valence-corrected chi connectivity index (χ1v) is 4.76. The van der Waals surface area contributed by atoms with Crippen LogP contribution in [-0.4, -0.2) is 31.6 Å². The van der Waals surface area contributed by atoms with Crippen molar-refractivity contribution in [1.29, 1.82) is 0 Å². The molecule has 0 aliphatic carbocycles. The van der Waals surface area contributed by atoms with Crippen molar-refractivity contribution in [2.24, 2.45) is 0 Å². The monoisotopic (exact) mass is 227 g/mol. The van der Waals surface area contributed by atoms with E-state index < -0.39 is 17.3 Å². The van der Waals surface area contributed by atoms with Crippen LogP contribution in [0.4, 0.5) is 4.39 Å². The third kappa shape index (κ3) is 2.14. The Hall–Kier alpha value is -1.62. The molecule has 0 amide bonds. The van der Waals surface area contributed by atoms with Gasteiger partial charge in [0.15, 0.2) is 23.1 Å². The van der Waals surface area contributed by atoms with Crippen LogP contribution in [0, 0.1) is 12.7 Å². The molecule has 0 saturated heterocycles. The highest BCUT2D eigenvalue weighted by atomic mass is 19.1. The van der Waals surface area contributed by atoms with E-state index in [2.05, 4.69) is 5.32 Å². The fourth-order valence-corrected chi connectivity index (χ4v) is 1.48. The first-order chi connectivity index (χ1) is 7.52. The summed E-state index contributed by atoms with van der Waals surface area (Å²) in [4.78, 5) is 11.5. The fraction of sp³-hybridized carbons (Fsp3) is 0.364. The molecule has 0 aromatic heterocycles. The standard InChI is InChI=1S/C11H14FNO3/c1-6-4-7(8(14)5-13-2)9(12)10(15)11(6)16-3/h4,13,15H,5H2,1-3H3. The maximum absolute atomic E-state index is 13.6. The Labute approximate surface area is 93.0 Å². The number of aryl methyl sites for hydroxylation is 1. The van der Waals surface area contributed by atoms with Gasteiger partial charge in [-0.25, -0.2) is 4.39 Å². The largest absolute Gasteiger partial charge is 0.502 e. The van der Waals surface area contributed by atoms with E-state index in [1.807, 2.05) is 0 Å². The number of rotatable bonds is 4. The van der Waals surface area contributed by atoms with Crippen LogP contribution in [0.3, 0.4) is 0 Å². The summed E-state index contributed by atoms with van der Waals surface area (Å²) < 4.78 is 18.5. The Bertz CT molecular complexity index is 418. The van der Waals surface area contributed by atoms with Gasteiger partial charge >= 0.3 is 0 Å². The van der Waals surface area contributed by atoms with E-state index in [-0.39, 0.29) is 17.9 Å². The summed E-state index contributed by atoms with van der Waals surface area (Å²) in [5.74, 6) is -1.93. The molecule has 2 N–H and O–H groups in total. The second-order valence-electron chi connectivity index (χ2n) is 3.39. The molecule has 0 fully saturated rings. The molecule has 0 saturated carbocycles. The molecule has 4 nitrogen and oxygen atoms in total. The van der Waals surface area contributed by atoms with Crippen LogP contribution in [0.15, 0.2) is 6.07 Å². The number of methoxy groups -OCH3 is 1. The Morgan fingerprint density at radius 1 is 1.62 bits per heavy atom. The smallest absolute Gasteiger partial charge is 0.195 e. The van der Waals surface area contributed by atoms with E-state index in [0.717, 1.165) is 0 Å². The molecule has 0 heterocycles.